The van der Waals surface area contributed by atoms with Crippen LogP contribution in [-0.2, 0) is 11.3 Å². The van der Waals surface area contributed by atoms with Crippen LogP contribution in [0.3, 0.4) is 0 Å². The van der Waals surface area contributed by atoms with E-state index in [9.17, 15) is 4.79 Å². The van der Waals surface area contributed by atoms with E-state index in [0.717, 1.165) is 25.2 Å². The van der Waals surface area contributed by atoms with Gasteiger partial charge < -0.3 is 24.6 Å². The topological polar surface area (TPSA) is 103 Å². The summed E-state index contributed by atoms with van der Waals surface area (Å²) >= 11 is 0. The van der Waals surface area contributed by atoms with E-state index in [4.69, 9.17) is 19.4 Å². The van der Waals surface area contributed by atoms with E-state index >= 15 is 0 Å². The molecular formula is C33H40N8O3. The van der Waals surface area contributed by atoms with E-state index in [-0.39, 0.29) is 18.2 Å². The number of nitrogens with zero attached hydrogens (tertiary/aromatic N) is 7. The Kier molecular flexibility index (Phi) is 7.82. The molecule has 1 N–H and O–H groups in total. The first-order valence-electron chi connectivity index (χ1n) is 15.6. The van der Waals surface area contributed by atoms with Crippen molar-refractivity contribution < 1.29 is 9.47 Å². The van der Waals surface area contributed by atoms with Gasteiger partial charge in [-0.1, -0.05) is 12.1 Å². The quantitative estimate of drug-likeness (QED) is 0.297. The van der Waals surface area contributed by atoms with Crippen LogP contribution >= 0.6 is 0 Å². The maximum Gasteiger partial charge on any atom is 0.278 e. The third-order valence-corrected chi connectivity index (χ3v) is 9.44. The number of nitrogens with one attached hydrogen (secondary N) is 1. The van der Waals surface area contributed by atoms with E-state index in [1.807, 2.05) is 18.2 Å². The lowest BCUT2D eigenvalue weighted by molar-refractivity contribution is 0.0945. The van der Waals surface area contributed by atoms with Crippen LogP contribution in [0, 0.1) is 5.41 Å². The van der Waals surface area contributed by atoms with Gasteiger partial charge in [0.1, 0.15) is 11.5 Å². The fourth-order valence-electron chi connectivity index (χ4n) is 6.69. The number of likely N-dealkylation sites (tertiary alicyclic amines) is 1. The zero-order valence-corrected chi connectivity index (χ0v) is 25.3. The summed E-state index contributed by atoms with van der Waals surface area (Å²) in [6.07, 6.45) is 9.20. The van der Waals surface area contributed by atoms with Crippen molar-refractivity contribution in [1.29, 1.82) is 0 Å². The Morgan fingerprint density at radius 3 is 2.57 bits per heavy atom. The molecule has 4 aromatic rings. The van der Waals surface area contributed by atoms with Gasteiger partial charge in [0.25, 0.3) is 5.56 Å². The molecule has 3 aromatic heterocycles. The Balaban J connectivity index is 1.11. The van der Waals surface area contributed by atoms with Gasteiger partial charge in [0.15, 0.2) is 11.5 Å². The van der Waals surface area contributed by atoms with E-state index in [2.05, 4.69) is 58.0 Å². The second kappa shape index (κ2) is 12.0. The van der Waals surface area contributed by atoms with Crippen LogP contribution in [0.15, 0.2) is 66.1 Å². The third-order valence-electron chi connectivity index (χ3n) is 9.44. The number of fused-ring (bicyclic) bond motifs is 1. The summed E-state index contributed by atoms with van der Waals surface area (Å²) in [6.45, 7) is 9.99. The molecule has 11 nitrogen and oxygen atoms in total. The predicted octanol–water partition coefficient (Wildman–Crippen LogP) is 4.39. The van der Waals surface area contributed by atoms with Crippen LogP contribution in [0.1, 0.15) is 32.1 Å². The van der Waals surface area contributed by atoms with Gasteiger partial charge in [-0.15, -0.1) is 6.58 Å². The molecule has 3 saturated heterocycles. The van der Waals surface area contributed by atoms with Crippen molar-refractivity contribution in [3.63, 3.8) is 0 Å². The molecule has 1 unspecified atom stereocenters. The fraction of sp³-hybridized carbons (Fsp3) is 0.455. The summed E-state index contributed by atoms with van der Waals surface area (Å²) in [6, 6.07) is 14.0. The molecule has 6 heterocycles. The number of ether oxygens (including phenoxy) is 2. The van der Waals surface area contributed by atoms with Gasteiger partial charge in [-0.2, -0.15) is 9.97 Å². The van der Waals surface area contributed by atoms with Gasteiger partial charge in [-0.05, 0) is 81.6 Å². The van der Waals surface area contributed by atoms with Crippen molar-refractivity contribution >= 4 is 28.4 Å². The van der Waals surface area contributed by atoms with Crippen LogP contribution in [0.4, 0.5) is 17.3 Å². The Labute approximate surface area is 257 Å². The van der Waals surface area contributed by atoms with Gasteiger partial charge in [0.05, 0.1) is 19.8 Å². The molecule has 1 aromatic carbocycles. The molecule has 3 fully saturated rings. The normalized spacial score (nSPS) is 20.3. The lowest BCUT2D eigenvalue weighted by atomic mass is 9.71. The molecule has 7 rings (SSSR count). The largest absolute Gasteiger partial charge is 0.472 e. The molecule has 0 radical (unpaired) electrons. The summed E-state index contributed by atoms with van der Waals surface area (Å²) in [5.41, 5.74) is 2.89. The molecule has 1 spiro atoms. The summed E-state index contributed by atoms with van der Waals surface area (Å²) in [5, 5.41) is 3.73. The highest BCUT2D eigenvalue weighted by molar-refractivity contribution is 5.77. The van der Waals surface area contributed by atoms with E-state index in [0.29, 0.717) is 47.3 Å². The summed E-state index contributed by atoms with van der Waals surface area (Å²) in [4.78, 5) is 32.3. The SMILES string of the molecule is C=CCn1c(=O)c2cnc(Nc3ccc(N4CCC5(CCN(C)CC5)CC4)cc3)nc2n1-c1cccc(OC2CCOC2)n1. The van der Waals surface area contributed by atoms with E-state index in [1.165, 1.54) is 44.5 Å². The van der Waals surface area contributed by atoms with E-state index in [1.54, 1.807) is 21.6 Å². The van der Waals surface area contributed by atoms with Gasteiger partial charge in [0.2, 0.25) is 11.8 Å². The molecule has 0 amide bonds. The number of anilines is 3. The van der Waals surface area contributed by atoms with Crippen LogP contribution in [0.25, 0.3) is 16.9 Å². The van der Waals surface area contributed by atoms with Crippen molar-refractivity contribution in [2.75, 3.05) is 56.7 Å². The lowest BCUT2D eigenvalue weighted by Crippen LogP contribution is -2.46. The van der Waals surface area contributed by atoms with Crippen LogP contribution in [0.5, 0.6) is 5.88 Å². The van der Waals surface area contributed by atoms with Gasteiger partial charge in [-0.25, -0.2) is 14.3 Å². The van der Waals surface area contributed by atoms with Crippen molar-refractivity contribution in [3.8, 4) is 11.7 Å². The summed E-state index contributed by atoms with van der Waals surface area (Å²) in [7, 11) is 2.23. The predicted molar refractivity (Wildman–Crippen MR) is 171 cm³/mol. The van der Waals surface area contributed by atoms with Gasteiger partial charge in [0, 0.05) is 43.1 Å². The lowest BCUT2D eigenvalue weighted by Gasteiger charge is -2.46. The molecule has 44 heavy (non-hydrogen) atoms. The number of rotatable bonds is 8. The molecule has 0 aliphatic carbocycles. The molecule has 1 atom stereocenters. The fourth-order valence-corrected chi connectivity index (χ4v) is 6.69. The highest BCUT2D eigenvalue weighted by atomic mass is 16.5. The number of pyridine rings is 1. The standard InChI is InChI=1S/C33H40N8O3/c1-3-16-40-31(42)27-22-34-32(37-30(27)41(40)28-5-4-6-29(36-28)44-26-11-21-43-23-26)35-24-7-9-25(10-8-24)39-19-14-33(15-20-39)12-17-38(2)18-13-33/h3-10,22,26H,1,11-21,23H2,2H3,(H,34,35,37). The number of aromatic nitrogens is 5. The average Bonchev–Trinajstić information content (AvgIpc) is 3.65. The highest BCUT2D eigenvalue weighted by Crippen LogP contribution is 2.42. The Morgan fingerprint density at radius 1 is 1.07 bits per heavy atom. The first-order valence-corrected chi connectivity index (χ1v) is 15.6. The molecule has 0 bridgehead atoms. The molecule has 230 valence electrons. The third kappa shape index (κ3) is 5.69. The second-order valence-corrected chi connectivity index (χ2v) is 12.3. The number of hydrogen-bond donors (Lipinski definition) is 1. The molecular weight excluding hydrogens is 556 g/mol. The maximum atomic E-state index is 13.4. The zero-order valence-electron chi connectivity index (χ0n) is 25.3. The highest BCUT2D eigenvalue weighted by Gasteiger charge is 2.36. The van der Waals surface area contributed by atoms with Gasteiger partial charge >= 0.3 is 0 Å². The number of benzene rings is 1. The monoisotopic (exact) mass is 596 g/mol. The first-order chi connectivity index (χ1) is 21.5. The van der Waals surface area contributed by atoms with Crippen LogP contribution in [0.2, 0.25) is 0 Å². The molecule has 11 heteroatoms. The van der Waals surface area contributed by atoms with E-state index < -0.39 is 0 Å². The molecule has 0 saturated carbocycles. The number of piperidine rings is 2. The number of hydrogen-bond acceptors (Lipinski definition) is 9. The van der Waals surface area contributed by atoms with Crippen LogP contribution in [-0.4, -0.2) is 81.8 Å². The Morgan fingerprint density at radius 2 is 1.84 bits per heavy atom. The minimum atomic E-state index is -0.211. The molecule has 3 aliphatic rings. The Hall–Kier alpha value is -4.22. The second-order valence-electron chi connectivity index (χ2n) is 12.3. The summed E-state index contributed by atoms with van der Waals surface area (Å²) in [5.74, 6) is 1.39. The zero-order chi connectivity index (χ0) is 30.1. The van der Waals surface area contributed by atoms with Crippen LogP contribution < -0.4 is 20.5 Å². The summed E-state index contributed by atoms with van der Waals surface area (Å²) < 4.78 is 14.7. The van der Waals surface area contributed by atoms with Crippen molar-refractivity contribution in [2.45, 2.75) is 44.8 Å². The molecule has 3 aliphatic heterocycles. The Bertz CT molecular complexity index is 1670. The smallest absolute Gasteiger partial charge is 0.278 e. The van der Waals surface area contributed by atoms with Crippen molar-refractivity contribution in [3.05, 3.63) is 71.7 Å². The average molecular weight is 597 g/mol. The minimum absolute atomic E-state index is 0.0373. The van der Waals surface area contributed by atoms with Crippen molar-refractivity contribution in [2.24, 2.45) is 5.41 Å². The first kappa shape index (κ1) is 28.5. The maximum absolute atomic E-state index is 13.4. The van der Waals surface area contributed by atoms with Gasteiger partial charge in [-0.3, -0.25) is 4.79 Å². The van der Waals surface area contributed by atoms with Crippen molar-refractivity contribution in [1.82, 2.24) is 29.2 Å². The number of allylic oxidation sites excluding steroid dienone is 1. The minimum Gasteiger partial charge on any atom is -0.472 e.